The van der Waals surface area contributed by atoms with Crippen LogP contribution < -0.4 is 10.4 Å². The first-order valence-electron chi connectivity index (χ1n) is 7.41. The highest BCUT2D eigenvalue weighted by Gasteiger charge is 2.14. The van der Waals surface area contributed by atoms with Gasteiger partial charge < -0.3 is 4.74 Å². The molecule has 0 atom stereocenters. The Labute approximate surface area is 152 Å². The van der Waals surface area contributed by atoms with E-state index in [2.05, 4.69) is 32.4 Å². The molecule has 1 heterocycles. The first-order valence-corrected chi connectivity index (χ1v) is 8.21. The summed E-state index contributed by atoms with van der Waals surface area (Å²) in [4.78, 5) is 12.2. The van der Waals surface area contributed by atoms with Gasteiger partial charge in [-0.15, -0.1) is 0 Å². The van der Waals surface area contributed by atoms with Crippen molar-refractivity contribution < 1.29 is 4.74 Å². The van der Waals surface area contributed by atoms with Crippen molar-refractivity contribution in [2.24, 2.45) is 7.05 Å². The summed E-state index contributed by atoms with van der Waals surface area (Å²) in [5.41, 5.74) is 2.44. The lowest BCUT2D eigenvalue weighted by Crippen LogP contribution is -2.23. The van der Waals surface area contributed by atoms with Gasteiger partial charge in [-0.05, 0) is 47.2 Å². The molecule has 0 bridgehead atoms. The molecule has 0 saturated heterocycles. The van der Waals surface area contributed by atoms with Crippen molar-refractivity contribution in [1.82, 2.24) is 19.8 Å². The summed E-state index contributed by atoms with van der Waals surface area (Å²) in [6.45, 7) is 2.11. The monoisotopic (exact) mass is 399 g/mol. The maximum atomic E-state index is 12.2. The van der Waals surface area contributed by atoms with Crippen molar-refractivity contribution in [3.8, 4) is 17.5 Å². The van der Waals surface area contributed by atoms with Crippen molar-refractivity contribution in [3.63, 3.8) is 0 Å². The van der Waals surface area contributed by atoms with Crippen LogP contribution in [0.4, 0.5) is 0 Å². The van der Waals surface area contributed by atoms with Gasteiger partial charge in [-0.25, -0.2) is 4.79 Å². The van der Waals surface area contributed by atoms with Crippen LogP contribution in [0.2, 0.25) is 0 Å². The highest BCUT2D eigenvalue weighted by atomic mass is 79.9. The van der Waals surface area contributed by atoms with Gasteiger partial charge in [0.05, 0.1) is 17.3 Å². The smallest absolute Gasteiger partial charge is 0.368 e. The van der Waals surface area contributed by atoms with E-state index in [0.717, 1.165) is 20.3 Å². The van der Waals surface area contributed by atoms with Gasteiger partial charge in [-0.2, -0.15) is 14.6 Å². The SMILES string of the molecule is Cc1ccc(C#N)cc1OCc1c(Br)cccc1-n1nnn(C)c1=O. The first-order chi connectivity index (χ1) is 12.0. The van der Waals surface area contributed by atoms with Gasteiger partial charge in [-0.1, -0.05) is 28.1 Å². The van der Waals surface area contributed by atoms with E-state index in [1.165, 1.54) is 11.7 Å². The molecule has 0 aliphatic heterocycles. The molecule has 7 nitrogen and oxygen atoms in total. The van der Waals surface area contributed by atoms with Crippen molar-refractivity contribution in [2.45, 2.75) is 13.5 Å². The normalized spacial score (nSPS) is 10.5. The molecule has 0 amide bonds. The number of tetrazole rings is 1. The fraction of sp³-hybridized carbons (Fsp3) is 0.176. The Bertz CT molecular complexity index is 1030. The zero-order chi connectivity index (χ0) is 18.0. The Hall–Kier alpha value is -2.92. The minimum absolute atomic E-state index is 0.204. The molecular formula is C17H14BrN5O2. The fourth-order valence-corrected chi connectivity index (χ4v) is 2.80. The minimum atomic E-state index is -0.345. The molecule has 1 aromatic heterocycles. The lowest BCUT2D eigenvalue weighted by molar-refractivity contribution is 0.302. The lowest BCUT2D eigenvalue weighted by Gasteiger charge is -2.13. The maximum Gasteiger partial charge on any atom is 0.368 e. The van der Waals surface area contributed by atoms with Gasteiger partial charge in [0.1, 0.15) is 12.4 Å². The molecule has 0 N–H and O–H groups in total. The van der Waals surface area contributed by atoms with Crippen molar-refractivity contribution in [3.05, 3.63) is 68.0 Å². The van der Waals surface area contributed by atoms with Gasteiger partial charge in [0, 0.05) is 17.1 Å². The fourth-order valence-electron chi connectivity index (χ4n) is 2.33. The third-order valence-corrected chi connectivity index (χ3v) is 4.48. The number of rotatable bonds is 4. The lowest BCUT2D eigenvalue weighted by atomic mass is 10.1. The van der Waals surface area contributed by atoms with Gasteiger partial charge in [0.15, 0.2) is 0 Å². The third kappa shape index (κ3) is 3.32. The van der Waals surface area contributed by atoms with Crippen LogP contribution in [-0.2, 0) is 13.7 Å². The Morgan fingerprint density at radius 3 is 2.76 bits per heavy atom. The number of halogens is 1. The summed E-state index contributed by atoms with van der Waals surface area (Å²) >= 11 is 3.49. The molecule has 0 spiro atoms. The Morgan fingerprint density at radius 2 is 2.08 bits per heavy atom. The Kier molecular flexibility index (Phi) is 4.67. The molecule has 3 aromatic rings. The standard InChI is InChI=1S/C17H14BrN5O2/c1-11-6-7-12(9-19)8-16(11)25-10-13-14(18)4-3-5-15(13)23-17(24)22(2)20-21-23/h3-8H,10H2,1-2H3. The third-order valence-electron chi connectivity index (χ3n) is 3.73. The van der Waals surface area contributed by atoms with Gasteiger partial charge in [-0.3, -0.25) is 0 Å². The van der Waals surface area contributed by atoms with Crippen LogP contribution in [0.15, 0.2) is 45.7 Å². The topological polar surface area (TPSA) is 85.7 Å². The summed E-state index contributed by atoms with van der Waals surface area (Å²) in [6.07, 6.45) is 0. The summed E-state index contributed by atoms with van der Waals surface area (Å²) in [6, 6.07) is 12.8. The molecule has 0 aliphatic carbocycles. The van der Waals surface area contributed by atoms with E-state index in [-0.39, 0.29) is 12.3 Å². The number of hydrogen-bond donors (Lipinski definition) is 0. The molecule has 0 aliphatic rings. The summed E-state index contributed by atoms with van der Waals surface area (Å²) in [7, 11) is 1.54. The van der Waals surface area contributed by atoms with E-state index in [1.54, 1.807) is 18.2 Å². The molecule has 0 radical (unpaired) electrons. The van der Waals surface area contributed by atoms with Crippen LogP contribution in [0.1, 0.15) is 16.7 Å². The van der Waals surface area contributed by atoms with Crippen LogP contribution in [0, 0.1) is 18.3 Å². The average molecular weight is 400 g/mol. The van der Waals surface area contributed by atoms with Crippen molar-refractivity contribution in [1.29, 1.82) is 5.26 Å². The number of aryl methyl sites for hydroxylation is 2. The molecule has 8 heteroatoms. The van der Waals surface area contributed by atoms with Gasteiger partial charge in [0.2, 0.25) is 0 Å². The van der Waals surface area contributed by atoms with Crippen molar-refractivity contribution in [2.75, 3.05) is 0 Å². The average Bonchev–Trinajstić information content (AvgIpc) is 2.94. The number of benzene rings is 2. The molecule has 2 aromatic carbocycles. The molecule has 3 rings (SSSR count). The van der Waals surface area contributed by atoms with Gasteiger partial charge in [0.25, 0.3) is 0 Å². The van der Waals surface area contributed by atoms with E-state index < -0.39 is 0 Å². The molecular weight excluding hydrogens is 386 g/mol. The summed E-state index contributed by atoms with van der Waals surface area (Å²) < 4.78 is 9.08. The highest BCUT2D eigenvalue weighted by molar-refractivity contribution is 9.10. The maximum absolute atomic E-state index is 12.2. The predicted molar refractivity (Wildman–Crippen MR) is 94.5 cm³/mol. The quantitative estimate of drug-likeness (QED) is 0.672. The van der Waals surface area contributed by atoms with E-state index >= 15 is 0 Å². The largest absolute Gasteiger partial charge is 0.488 e. The number of hydrogen-bond acceptors (Lipinski definition) is 5. The van der Waals surface area contributed by atoms with Crippen LogP contribution in [0.5, 0.6) is 5.75 Å². The molecule has 25 heavy (non-hydrogen) atoms. The van der Waals surface area contributed by atoms with Crippen LogP contribution >= 0.6 is 15.9 Å². The number of nitrogens with zero attached hydrogens (tertiary/aromatic N) is 5. The summed E-state index contributed by atoms with van der Waals surface area (Å²) in [5.74, 6) is 0.618. The van der Waals surface area contributed by atoms with Gasteiger partial charge >= 0.3 is 5.69 Å². The van der Waals surface area contributed by atoms with Crippen LogP contribution in [-0.4, -0.2) is 19.8 Å². The second kappa shape index (κ2) is 6.91. The second-order valence-corrected chi connectivity index (χ2v) is 6.27. The van der Waals surface area contributed by atoms with E-state index in [9.17, 15) is 4.79 Å². The minimum Gasteiger partial charge on any atom is -0.488 e. The zero-order valence-corrected chi connectivity index (χ0v) is 15.2. The van der Waals surface area contributed by atoms with Crippen molar-refractivity contribution >= 4 is 15.9 Å². The number of aromatic nitrogens is 4. The summed E-state index contributed by atoms with van der Waals surface area (Å²) in [5, 5.41) is 16.7. The van der Waals surface area contributed by atoms with E-state index in [4.69, 9.17) is 10.00 Å². The molecule has 0 fully saturated rings. The zero-order valence-electron chi connectivity index (χ0n) is 13.6. The molecule has 0 unspecified atom stereocenters. The predicted octanol–water partition coefficient (Wildman–Crippen LogP) is 2.49. The molecule has 126 valence electrons. The van der Waals surface area contributed by atoms with E-state index in [1.807, 2.05) is 25.1 Å². The van der Waals surface area contributed by atoms with Crippen LogP contribution in [0.25, 0.3) is 5.69 Å². The Morgan fingerprint density at radius 1 is 1.28 bits per heavy atom. The Balaban J connectivity index is 1.98. The second-order valence-electron chi connectivity index (χ2n) is 5.42. The van der Waals surface area contributed by atoms with Crippen LogP contribution in [0.3, 0.4) is 0 Å². The first kappa shape index (κ1) is 16.9. The number of ether oxygens (including phenoxy) is 1. The van der Waals surface area contributed by atoms with E-state index in [0.29, 0.717) is 17.0 Å². The molecule has 0 saturated carbocycles. The number of nitriles is 1. The highest BCUT2D eigenvalue weighted by Crippen LogP contribution is 2.26.